The Labute approximate surface area is 124 Å². The van der Waals surface area contributed by atoms with Crippen molar-refractivity contribution in [3.63, 3.8) is 0 Å². The molecular formula is C12H19ClN2O4S. The molecule has 0 saturated heterocycles. The summed E-state index contributed by atoms with van der Waals surface area (Å²) in [5.74, 6) is -1.35. The summed E-state index contributed by atoms with van der Waals surface area (Å²) in [6.07, 6.45) is 1.66. The van der Waals surface area contributed by atoms with Crippen LogP contribution >= 0.6 is 12.4 Å². The summed E-state index contributed by atoms with van der Waals surface area (Å²) in [7, 11) is -3.31. The number of carboxylic acids is 1. The van der Waals surface area contributed by atoms with Gasteiger partial charge in [0.1, 0.15) is 6.04 Å². The van der Waals surface area contributed by atoms with E-state index in [2.05, 4.69) is 4.72 Å². The SMILES string of the molecule is CCC(c1ccc(NS(C)(=O)=O)cc1)C(N)C(=O)O.Cl. The van der Waals surface area contributed by atoms with Gasteiger partial charge in [-0.1, -0.05) is 19.1 Å². The van der Waals surface area contributed by atoms with Crippen LogP contribution in [0.15, 0.2) is 24.3 Å². The second kappa shape index (κ2) is 7.47. The molecule has 114 valence electrons. The lowest BCUT2D eigenvalue weighted by Crippen LogP contribution is -2.36. The van der Waals surface area contributed by atoms with E-state index in [1.165, 1.54) is 0 Å². The van der Waals surface area contributed by atoms with Crippen LogP contribution in [0.4, 0.5) is 5.69 Å². The van der Waals surface area contributed by atoms with Crippen molar-refractivity contribution < 1.29 is 18.3 Å². The molecule has 2 atom stereocenters. The van der Waals surface area contributed by atoms with Gasteiger partial charge in [-0.3, -0.25) is 9.52 Å². The first kappa shape index (κ1) is 18.7. The minimum Gasteiger partial charge on any atom is -0.480 e. The summed E-state index contributed by atoms with van der Waals surface area (Å²) >= 11 is 0. The Bertz CT molecular complexity index is 545. The molecule has 0 bridgehead atoms. The molecule has 0 heterocycles. The number of carbonyl (C=O) groups is 1. The standard InChI is InChI=1S/C12H18N2O4S.ClH/c1-3-10(11(13)12(15)16)8-4-6-9(7-5-8)14-19(2,17)18;/h4-7,10-11,14H,3,13H2,1-2H3,(H,15,16);1H. The number of carboxylic acid groups (broad SMARTS) is 1. The highest BCUT2D eigenvalue weighted by molar-refractivity contribution is 7.92. The van der Waals surface area contributed by atoms with Crippen molar-refractivity contribution in [2.45, 2.75) is 25.3 Å². The predicted octanol–water partition coefficient (Wildman–Crippen LogP) is 1.39. The minimum atomic E-state index is -3.31. The Morgan fingerprint density at radius 1 is 1.35 bits per heavy atom. The summed E-state index contributed by atoms with van der Waals surface area (Å²) in [5.41, 5.74) is 6.84. The van der Waals surface area contributed by atoms with Gasteiger partial charge in [0.15, 0.2) is 0 Å². The van der Waals surface area contributed by atoms with Crippen LogP contribution in [0.2, 0.25) is 0 Å². The van der Waals surface area contributed by atoms with E-state index in [0.717, 1.165) is 11.8 Å². The monoisotopic (exact) mass is 322 g/mol. The molecule has 0 aliphatic rings. The number of benzene rings is 1. The Kier molecular flexibility index (Phi) is 6.98. The summed E-state index contributed by atoms with van der Waals surface area (Å²) in [4.78, 5) is 10.9. The first-order valence-electron chi connectivity index (χ1n) is 5.80. The van der Waals surface area contributed by atoms with Crippen molar-refractivity contribution in [3.8, 4) is 0 Å². The Hall–Kier alpha value is -1.31. The number of halogens is 1. The van der Waals surface area contributed by atoms with Crippen LogP contribution in [0.1, 0.15) is 24.8 Å². The molecule has 0 aliphatic heterocycles. The van der Waals surface area contributed by atoms with E-state index < -0.39 is 22.0 Å². The molecule has 1 aromatic carbocycles. The van der Waals surface area contributed by atoms with E-state index in [9.17, 15) is 13.2 Å². The number of anilines is 1. The number of sulfonamides is 1. The van der Waals surface area contributed by atoms with E-state index in [1.54, 1.807) is 24.3 Å². The molecule has 4 N–H and O–H groups in total. The molecule has 1 aromatic rings. The molecule has 0 aliphatic carbocycles. The van der Waals surface area contributed by atoms with Gasteiger partial charge in [0.05, 0.1) is 6.26 Å². The Morgan fingerprint density at radius 2 is 1.85 bits per heavy atom. The topological polar surface area (TPSA) is 109 Å². The number of hydrogen-bond donors (Lipinski definition) is 3. The zero-order chi connectivity index (χ0) is 14.6. The Morgan fingerprint density at radius 3 is 2.20 bits per heavy atom. The highest BCUT2D eigenvalue weighted by Crippen LogP contribution is 2.24. The average Bonchev–Trinajstić information content (AvgIpc) is 2.30. The van der Waals surface area contributed by atoms with Crippen LogP contribution in [0, 0.1) is 0 Å². The fraction of sp³-hybridized carbons (Fsp3) is 0.417. The fourth-order valence-corrected chi connectivity index (χ4v) is 2.45. The van der Waals surface area contributed by atoms with Gasteiger partial charge in [-0.25, -0.2) is 8.42 Å². The quantitative estimate of drug-likeness (QED) is 0.733. The van der Waals surface area contributed by atoms with Gasteiger partial charge in [-0.15, -0.1) is 12.4 Å². The molecule has 0 amide bonds. The molecule has 0 fully saturated rings. The predicted molar refractivity (Wildman–Crippen MR) is 80.8 cm³/mol. The summed E-state index contributed by atoms with van der Waals surface area (Å²) in [6.45, 7) is 1.86. The second-order valence-corrected chi connectivity index (χ2v) is 6.12. The van der Waals surface area contributed by atoms with Gasteiger partial charge in [0.2, 0.25) is 10.0 Å². The zero-order valence-corrected chi connectivity index (χ0v) is 12.9. The van der Waals surface area contributed by atoms with Gasteiger partial charge in [0.25, 0.3) is 0 Å². The fourth-order valence-electron chi connectivity index (χ4n) is 1.88. The van der Waals surface area contributed by atoms with Crippen molar-refractivity contribution in [1.29, 1.82) is 0 Å². The maximum Gasteiger partial charge on any atom is 0.321 e. The number of nitrogens with one attached hydrogen (secondary N) is 1. The lowest BCUT2D eigenvalue weighted by Gasteiger charge is -2.19. The third-order valence-electron chi connectivity index (χ3n) is 2.80. The molecule has 1 rings (SSSR count). The normalized spacial score (nSPS) is 13.9. The first-order valence-corrected chi connectivity index (χ1v) is 7.70. The second-order valence-electron chi connectivity index (χ2n) is 4.37. The largest absolute Gasteiger partial charge is 0.480 e. The third-order valence-corrected chi connectivity index (χ3v) is 3.41. The molecule has 0 spiro atoms. The van der Waals surface area contributed by atoms with Crippen molar-refractivity contribution in [2.75, 3.05) is 11.0 Å². The van der Waals surface area contributed by atoms with Gasteiger partial charge in [0, 0.05) is 11.6 Å². The zero-order valence-electron chi connectivity index (χ0n) is 11.2. The lowest BCUT2D eigenvalue weighted by molar-refractivity contribution is -0.139. The third kappa shape index (κ3) is 5.36. The highest BCUT2D eigenvalue weighted by atomic mass is 35.5. The number of rotatable bonds is 6. The molecule has 0 radical (unpaired) electrons. The molecular weight excluding hydrogens is 304 g/mol. The van der Waals surface area contributed by atoms with E-state index >= 15 is 0 Å². The molecule has 0 saturated carbocycles. The van der Waals surface area contributed by atoms with Gasteiger partial charge < -0.3 is 10.8 Å². The Balaban J connectivity index is 0.00000361. The van der Waals surface area contributed by atoms with Crippen LogP contribution in [0.5, 0.6) is 0 Å². The maximum absolute atomic E-state index is 11.1. The van der Waals surface area contributed by atoms with Gasteiger partial charge in [-0.2, -0.15) is 0 Å². The van der Waals surface area contributed by atoms with Crippen molar-refractivity contribution in [3.05, 3.63) is 29.8 Å². The van der Waals surface area contributed by atoms with Crippen LogP contribution < -0.4 is 10.5 Å². The highest BCUT2D eigenvalue weighted by Gasteiger charge is 2.24. The molecule has 20 heavy (non-hydrogen) atoms. The summed E-state index contributed by atoms with van der Waals surface area (Å²) < 4.78 is 24.5. The van der Waals surface area contributed by atoms with Crippen molar-refractivity contribution in [2.24, 2.45) is 5.73 Å². The van der Waals surface area contributed by atoms with E-state index in [4.69, 9.17) is 10.8 Å². The maximum atomic E-state index is 11.1. The summed E-state index contributed by atoms with van der Waals surface area (Å²) in [5, 5.41) is 8.94. The lowest BCUT2D eigenvalue weighted by atomic mass is 9.89. The van der Waals surface area contributed by atoms with Crippen LogP contribution in [-0.2, 0) is 14.8 Å². The van der Waals surface area contributed by atoms with Crippen LogP contribution in [0.25, 0.3) is 0 Å². The number of nitrogens with two attached hydrogens (primary N) is 1. The first-order chi connectivity index (χ1) is 8.74. The van der Waals surface area contributed by atoms with Crippen molar-refractivity contribution >= 4 is 34.1 Å². The van der Waals surface area contributed by atoms with Gasteiger partial charge >= 0.3 is 5.97 Å². The molecule has 6 nitrogen and oxygen atoms in total. The van der Waals surface area contributed by atoms with Crippen LogP contribution in [-0.4, -0.2) is 31.8 Å². The summed E-state index contributed by atoms with van der Waals surface area (Å²) in [6, 6.07) is 5.58. The van der Waals surface area contributed by atoms with E-state index in [1.807, 2.05) is 6.92 Å². The smallest absolute Gasteiger partial charge is 0.321 e. The average molecular weight is 323 g/mol. The van der Waals surface area contributed by atoms with E-state index in [-0.39, 0.29) is 18.3 Å². The molecule has 8 heteroatoms. The van der Waals surface area contributed by atoms with E-state index in [0.29, 0.717) is 12.1 Å². The van der Waals surface area contributed by atoms with Crippen molar-refractivity contribution in [1.82, 2.24) is 0 Å². The number of aliphatic carboxylic acids is 1. The minimum absolute atomic E-state index is 0. The van der Waals surface area contributed by atoms with Crippen LogP contribution in [0.3, 0.4) is 0 Å². The number of hydrogen-bond acceptors (Lipinski definition) is 4. The molecule has 2 unspecified atom stereocenters. The molecule has 0 aromatic heterocycles. The van der Waals surface area contributed by atoms with Gasteiger partial charge in [-0.05, 0) is 24.1 Å².